The molecule has 0 radical (unpaired) electrons. The van der Waals surface area contributed by atoms with E-state index in [9.17, 15) is 9.18 Å². The number of anilines is 1. The molecule has 0 saturated carbocycles. The zero-order valence-electron chi connectivity index (χ0n) is 9.65. The molecular weight excluding hydrogens is 348 g/mol. The van der Waals surface area contributed by atoms with Crippen LogP contribution in [0.25, 0.3) is 0 Å². The van der Waals surface area contributed by atoms with Gasteiger partial charge in [0, 0.05) is 13.6 Å². The second kappa shape index (κ2) is 5.47. The van der Waals surface area contributed by atoms with Crippen LogP contribution in [0.4, 0.5) is 10.2 Å². The molecule has 2 rings (SSSR count). The third kappa shape index (κ3) is 2.87. The topological polar surface area (TPSA) is 49.0 Å². The second-order valence-electron chi connectivity index (χ2n) is 3.85. The zero-order valence-corrected chi connectivity index (χ0v) is 11.8. The number of hydrogen-bond acceptors (Lipinski definition) is 3. The van der Waals surface area contributed by atoms with Crippen LogP contribution in [-0.4, -0.2) is 17.0 Å². The summed E-state index contributed by atoms with van der Waals surface area (Å²) in [7, 11) is 1.84. The van der Waals surface area contributed by atoms with Crippen LogP contribution in [0.3, 0.4) is 0 Å². The Balaban J connectivity index is 2.22. The van der Waals surface area contributed by atoms with Crippen LogP contribution in [-0.2, 0) is 6.54 Å². The molecule has 0 aliphatic carbocycles. The maximum Gasteiger partial charge on any atom is 0.266 e. The number of nitrogens with one attached hydrogen (secondary N) is 1. The Morgan fingerprint density at radius 1 is 1.39 bits per heavy atom. The number of benzene rings is 1. The highest BCUT2D eigenvalue weighted by molar-refractivity contribution is 14.1. The van der Waals surface area contributed by atoms with Crippen LogP contribution in [0.5, 0.6) is 0 Å². The Morgan fingerprint density at radius 3 is 2.72 bits per heavy atom. The van der Waals surface area contributed by atoms with Gasteiger partial charge in [-0.05, 0) is 40.3 Å². The molecule has 6 heteroatoms. The first-order chi connectivity index (χ1) is 8.58. The predicted molar refractivity (Wildman–Crippen MR) is 76.1 cm³/mol. The van der Waals surface area contributed by atoms with Gasteiger partial charge < -0.3 is 9.88 Å². The lowest BCUT2D eigenvalue weighted by molar-refractivity contribution is 0.627. The van der Waals surface area contributed by atoms with E-state index in [2.05, 4.69) is 9.97 Å². The fourth-order valence-corrected chi connectivity index (χ4v) is 2.29. The summed E-state index contributed by atoms with van der Waals surface area (Å²) < 4.78 is 13.3. The third-order valence-electron chi connectivity index (χ3n) is 2.47. The molecule has 1 aromatic carbocycles. The van der Waals surface area contributed by atoms with E-state index in [1.807, 2.05) is 34.5 Å². The molecule has 1 aromatic heterocycles. The Morgan fingerprint density at radius 2 is 2.06 bits per heavy atom. The maximum atomic E-state index is 12.8. The number of nitrogens with zero attached hydrogens (tertiary/aromatic N) is 2. The first-order valence-electron chi connectivity index (χ1n) is 5.26. The average molecular weight is 359 g/mol. The number of H-pyrrole nitrogens is 1. The minimum Gasteiger partial charge on any atom is -0.354 e. The van der Waals surface area contributed by atoms with Gasteiger partial charge in [0.05, 0.1) is 6.33 Å². The van der Waals surface area contributed by atoms with Crippen LogP contribution in [0.15, 0.2) is 35.4 Å². The highest BCUT2D eigenvalue weighted by Crippen LogP contribution is 2.16. The number of rotatable bonds is 3. The van der Waals surface area contributed by atoms with Crippen molar-refractivity contribution in [3.05, 3.63) is 55.9 Å². The van der Waals surface area contributed by atoms with Crippen LogP contribution in [0.2, 0.25) is 0 Å². The van der Waals surface area contributed by atoms with Crippen LogP contribution in [0.1, 0.15) is 5.56 Å². The maximum absolute atomic E-state index is 12.8. The highest BCUT2D eigenvalue weighted by Gasteiger charge is 2.10. The van der Waals surface area contributed by atoms with Crippen molar-refractivity contribution in [1.29, 1.82) is 0 Å². The van der Waals surface area contributed by atoms with E-state index in [-0.39, 0.29) is 11.4 Å². The van der Waals surface area contributed by atoms with E-state index in [1.54, 1.807) is 12.1 Å². The predicted octanol–water partition coefficient (Wildman–Crippen LogP) is 2.15. The smallest absolute Gasteiger partial charge is 0.266 e. The summed E-state index contributed by atoms with van der Waals surface area (Å²) in [4.78, 5) is 20.0. The molecule has 0 fully saturated rings. The lowest BCUT2D eigenvalue weighted by Crippen LogP contribution is -2.23. The normalized spacial score (nSPS) is 10.4. The molecular formula is C12H11FIN3O. The van der Waals surface area contributed by atoms with E-state index in [0.29, 0.717) is 15.9 Å². The number of aromatic nitrogens is 2. The fraction of sp³-hybridized carbons (Fsp3) is 0.167. The Kier molecular flexibility index (Phi) is 3.95. The fourth-order valence-electron chi connectivity index (χ4n) is 1.58. The van der Waals surface area contributed by atoms with E-state index in [1.165, 1.54) is 18.5 Å². The molecule has 0 aliphatic heterocycles. The summed E-state index contributed by atoms with van der Waals surface area (Å²) in [5, 5.41) is 0. The molecule has 0 aliphatic rings. The van der Waals surface area contributed by atoms with Crippen LogP contribution >= 0.6 is 22.6 Å². The van der Waals surface area contributed by atoms with Crippen molar-refractivity contribution in [2.75, 3.05) is 11.9 Å². The van der Waals surface area contributed by atoms with Gasteiger partial charge in [0.1, 0.15) is 15.2 Å². The minimum absolute atomic E-state index is 0.161. The molecule has 4 nitrogen and oxygen atoms in total. The molecule has 94 valence electrons. The molecule has 0 amide bonds. The minimum atomic E-state index is -0.259. The zero-order chi connectivity index (χ0) is 13.1. The Labute approximate surface area is 117 Å². The van der Waals surface area contributed by atoms with Gasteiger partial charge in [-0.2, -0.15) is 0 Å². The summed E-state index contributed by atoms with van der Waals surface area (Å²) in [6.45, 7) is 0.562. The molecule has 2 aromatic rings. The molecule has 0 saturated heterocycles. The van der Waals surface area contributed by atoms with Crippen molar-refractivity contribution >= 4 is 28.4 Å². The number of aromatic amines is 1. The van der Waals surface area contributed by atoms with Gasteiger partial charge in [-0.25, -0.2) is 9.37 Å². The van der Waals surface area contributed by atoms with Gasteiger partial charge in [0.25, 0.3) is 5.56 Å². The first-order valence-corrected chi connectivity index (χ1v) is 6.34. The monoisotopic (exact) mass is 359 g/mol. The van der Waals surface area contributed by atoms with E-state index in [4.69, 9.17) is 0 Å². The van der Waals surface area contributed by atoms with Gasteiger partial charge in [-0.15, -0.1) is 0 Å². The van der Waals surface area contributed by atoms with Crippen molar-refractivity contribution in [2.24, 2.45) is 0 Å². The SMILES string of the molecule is CN(Cc1ccc(F)cc1)c1nc[nH]c(=O)c1I. The van der Waals surface area contributed by atoms with E-state index in [0.717, 1.165) is 5.56 Å². The number of halogens is 2. The van der Waals surface area contributed by atoms with Crippen molar-refractivity contribution in [3.8, 4) is 0 Å². The second-order valence-corrected chi connectivity index (χ2v) is 4.93. The van der Waals surface area contributed by atoms with Gasteiger partial charge >= 0.3 is 0 Å². The molecule has 0 spiro atoms. The lowest BCUT2D eigenvalue weighted by Gasteiger charge is -2.18. The molecule has 1 heterocycles. The Bertz CT molecular complexity index is 597. The highest BCUT2D eigenvalue weighted by atomic mass is 127. The molecule has 0 bridgehead atoms. The first kappa shape index (κ1) is 13.0. The van der Waals surface area contributed by atoms with Gasteiger partial charge in [-0.1, -0.05) is 12.1 Å². The van der Waals surface area contributed by atoms with Crippen LogP contribution < -0.4 is 10.5 Å². The molecule has 18 heavy (non-hydrogen) atoms. The lowest BCUT2D eigenvalue weighted by atomic mass is 10.2. The average Bonchev–Trinajstić information content (AvgIpc) is 2.35. The van der Waals surface area contributed by atoms with Gasteiger partial charge in [0.2, 0.25) is 0 Å². The summed E-state index contributed by atoms with van der Waals surface area (Å²) in [5.74, 6) is 0.355. The largest absolute Gasteiger partial charge is 0.354 e. The Hall–Kier alpha value is -1.44. The third-order valence-corrected chi connectivity index (χ3v) is 3.45. The molecule has 1 N–H and O–H groups in total. The van der Waals surface area contributed by atoms with E-state index < -0.39 is 0 Å². The molecule has 0 unspecified atom stereocenters. The summed E-state index contributed by atoms with van der Waals surface area (Å²) in [6.07, 6.45) is 1.38. The summed E-state index contributed by atoms with van der Waals surface area (Å²) in [6, 6.07) is 6.26. The van der Waals surface area contributed by atoms with Crippen molar-refractivity contribution < 1.29 is 4.39 Å². The van der Waals surface area contributed by atoms with Crippen LogP contribution in [0, 0.1) is 9.39 Å². The summed E-state index contributed by atoms with van der Waals surface area (Å²) in [5.41, 5.74) is 0.795. The van der Waals surface area contributed by atoms with Gasteiger partial charge in [0.15, 0.2) is 0 Å². The standard InChI is InChI=1S/C12H11FIN3O/c1-17(6-8-2-4-9(13)5-3-8)11-10(14)12(18)16-7-15-11/h2-5,7H,6H2,1H3,(H,15,16,18). The summed E-state index contributed by atoms with van der Waals surface area (Å²) >= 11 is 1.96. The quantitative estimate of drug-likeness (QED) is 0.855. The van der Waals surface area contributed by atoms with Crippen molar-refractivity contribution in [2.45, 2.75) is 6.54 Å². The van der Waals surface area contributed by atoms with Crippen molar-refractivity contribution in [1.82, 2.24) is 9.97 Å². The van der Waals surface area contributed by atoms with Crippen molar-refractivity contribution in [3.63, 3.8) is 0 Å². The molecule has 0 atom stereocenters. The number of hydrogen-bond donors (Lipinski definition) is 1. The van der Waals surface area contributed by atoms with Gasteiger partial charge in [-0.3, -0.25) is 4.79 Å². The van der Waals surface area contributed by atoms with E-state index >= 15 is 0 Å².